The molecule has 8 heteroatoms. The Morgan fingerprint density at radius 3 is 2.81 bits per heavy atom. The molecule has 0 bridgehead atoms. The second-order valence-electron chi connectivity index (χ2n) is 6.88. The second kappa shape index (κ2) is 7.64. The lowest BCUT2D eigenvalue weighted by molar-refractivity contribution is -0.145. The van der Waals surface area contributed by atoms with Crippen molar-refractivity contribution in [1.82, 2.24) is 9.80 Å². The van der Waals surface area contributed by atoms with Crippen LogP contribution in [-0.4, -0.2) is 59.4 Å². The zero-order valence-corrected chi connectivity index (χ0v) is 16.0. The molecule has 1 aliphatic heterocycles. The Morgan fingerprint density at radius 2 is 2.11 bits per heavy atom. The number of amides is 2. The van der Waals surface area contributed by atoms with E-state index in [-0.39, 0.29) is 30.7 Å². The number of halogens is 1. The molecule has 2 amide bonds. The van der Waals surface area contributed by atoms with E-state index in [0.29, 0.717) is 29.0 Å². The standard InChI is InChI=1S/C19H21FN2O4S/c1-11-14-6-5-13(20)8-15(14)27-17(11)18(24)21(2)10-16(23)22-7-3-4-12(9-22)19(25)26/h5-6,8,12H,3-4,7,9-10H2,1-2H3,(H,25,26). The summed E-state index contributed by atoms with van der Waals surface area (Å²) in [7, 11) is 1.54. The van der Waals surface area contributed by atoms with Crippen molar-refractivity contribution in [2.24, 2.45) is 5.92 Å². The molecule has 1 N–H and O–H groups in total. The van der Waals surface area contributed by atoms with Crippen LogP contribution in [0.2, 0.25) is 0 Å². The van der Waals surface area contributed by atoms with Gasteiger partial charge in [0.1, 0.15) is 5.82 Å². The van der Waals surface area contributed by atoms with Gasteiger partial charge in [-0.3, -0.25) is 14.4 Å². The number of carboxylic acids is 1. The lowest BCUT2D eigenvalue weighted by Gasteiger charge is -2.32. The second-order valence-corrected chi connectivity index (χ2v) is 7.93. The van der Waals surface area contributed by atoms with Gasteiger partial charge in [-0.25, -0.2) is 4.39 Å². The van der Waals surface area contributed by atoms with Gasteiger partial charge in [-0.2, -0.15) is 0 Å². The lowest BCUT2D eigenvalue weighted by Crippen LogP contribution is -2.46. The molecule has 1 unspecified atom stereocenters. The summed E-state index contributed by atoms with van der Waals surface area (Å²) in [5, 5.41) is 9.97. The van der Waals surface area contributed by atoms with E-state index in [2.05, 4.69) is 0 Å². The molecule has 2 heterocycles. The highest BCUT2D eigenvalue weighted by molar-refractivity contribution is 7.21. The number of carboxylic acid groups (broad SMARTS) is 1. The molecule has 3 rings (SSSR count). The highest BCUT2D eigenvalue weighted by atomic mass is 32.1. The van der Waals surface area contributed by atoms with E-state index < -0.39 is 11.9 Å². The van der Waals surface area contributed by atoms with Crippen LogP contribution in [-0.2, 0) is 9.59 Å². The Bertz CT molecular complexity index is 910. The zero-order valence-electron chi connectivity index (χ0n) is 15.2. The quantitative estimate of drug-likeness (QED) is 0.868. The Morgan fingerprint density at radius 1 is 1.37 bits per heavy atom. The summed E-state index contributed by atoms with van der Waals surface area (Å²) >= 11 is 1.21. The van der Waals surface area contributed by atoms with Crippen molar-refractivity contribution in [1.29, 1.82) is 0 Å². The number of hydrogen-bond acceptors (Lipinski definition) is 4. The molecule has 1 aromatic carbocycles. The predicted molar refractivity (Wildman–Crippen MR) is 100 cm³/mol. The molecule has 2 aromatic rings. The molecule has 0 radical (unpaired) electrons. The highest BCUT2D eigenvalue weighted by Crippen LogP contribution is 2.32. The first kappa shape index (κ1) is 19.3. The Balaban J connectivity index is 1.71. The minimum Gasteiger partial charge on any atom is -0.481 e. The lowest BCUT2D eigenvalue weighted by atomic mass is 9.98. The largest absolute Gasteiger partial charge is 0.481 e. The minimum absolute atomic E-state index is 0.118. The van der Waals surface area contributed by atoms with Crippen molar-refractivity contribution in [3.8, 4) is 0 Å². The SMILES string of the molecule is Cc1c(C(=O)N(C)CC(=O)N2CCCC(C(=O)O)C2)sc2cc(F)ccc12. The van der Waals surface area contributed by atoms with E-state index in [1.54, 1.807) is 13.1 Å². The predicted octanol–water partition coefficient (Wildman–Crippen LogP) is 2.74. The molecule has 1 aromatic heterocycles. The Kier molecular flexibility index (Phi) is 5.46. The van der Waals surface area contributed by atoms with Crippen molar-refractivity contribution in [3.05, 3.63) is 34.5 Å². The molecule has 0 spiro atoms. The van der Waals surface area contributed by atoms with E-state index in [9.17, 15) is 18.8 Å². The van der Waals surface area contributed by atoms with Crippen molar-refractivity contribution in [3.63, 3.8) is 0 Å². The van der Waals surface area contributed by atoms with Crippen molar-refractivity contribution < 1.29 is 23.9 Å². The van der Waals surface area contributed by atoms with E-state index in [4.69, 9.17) is 5.11 Å². The topological polar surface area (TPSA) is 77.9 Å². The molecular weight excluding hydrogens is 371 g/mol. The van der Waals surface area contributed by atoms with Crippen LogP contribution in [0, 0.1) is 18.7 Å². The summed E-state index contributed by atoms with van der Waals surface area (Å²) in [4.78, 5) is 39.8. The number of benzene rings is 1. The molecule has 144 valence electrons. The monoisotopic (exact) mass is 392 g/mol. The molecule has 27 heavy (non-hydrogen) atoms. The number of nitrogens with zero attached hydrogens (tertiary/aromatic N) is 2. The molecule has 1 aliphatic rings. The smallest absolute Gasteiger partial charge is 0.308 e. The van der Waals surface area contributed by atoms with E-state index in [0.717, 1.165) is 10.9 Å². The number of rotatable bonds is 4. The van der Waals surface area contributed by atoms with Gasteiger partial charge in [0.2, 0.25) is 5.91 Å². The van der Waals surface area contributed by atoms with E-state index >= 15 is 0 Å². The maximum Gasteiger partial charge on any atom is 0.308 e. The summed E-state index contributed by atoms with van der Waals surface area (Å²) in [5.74, 6) is -2.37. The van der Waals surface area contributed by atoms with Gasteiger partial charge in [0.05, 0.1) is 17.3 Å². The fourth-order valence-corrected chi connectivity index (χ4v) is 4.59. The van der Waals surface area contributed by atoms with Crippen molar-refractivity contribution >= 4 is 39.2 Å². The summed E-state index contributed by atoms with van der Waals surface area (Å²) in [6.07, 6.45) is 1.20. The van der Waals surface area contributed by atoms with Gasteiger partial charge in [0.15, 0.2) is 0 Å². The van der Waals surface area contributed by atoms with Gasteiger partial charge in [0, 0.05) is 24.8 Å². The Hall–Kier alpha value is -2.48. The number of piperidine rings is 1. The number of carbonyl (C=O) groups is 3. The number of fused-ring (bicyclic) bond motifs is 1. The maximum atomic E-state index is 13.4. The number of aryl methyl sites for hydroxylation is 1. The van der Waals surface area contributed by atoms with Crippen LogP contribution < -0.4 is 0 Å². The third-order valence-corrected chi connectivity index (χ3v) is 6.18. The van der Waals surface area contributed by atoms with Crippen LogP contribution >= 0.6 is 11.3 Å². The van der Waals surface area contributed by atoms with Crippen LogP contribution in [0.3, 0.4) is 0 Å². The van der Waals surface area contributed by atoms with Crippen LogP contribution in [0.4, 0.5) is 4.39 Å². The molecule has 6 nitrogen and oxygen atoms in total. The summed E-state index contributed by atoms with van der Waals surface area (Å²) in [6, 6.07) is 4.41. The first-order valence-corrected chi connectivity index (χ1v) is 9.54. The molecular formula is C19H21FN2O4S. The number of likely N-dealkylation sites (N-methyl/N-ethyl adjacent to an activating group) is 1. The fraction of sp³-hybridized carbons (Fsp3) is 0.421. The van der Waals surface area contributed by atoms with E-state index in [1.807, 2.05) is 6.92 Å². The van der Waals surface area contributed by atoms with Gasteiger partial charge < -0.3 is 14.9 Å². The fourth-order valence-electron chi connectivity index (χ4n) is 3.36. The molecule has 0 aliphatic carbocycles. The van der Waals surface area contributed by atoms with E-state index in [1.165, 1.54) is 33.3 Å². The van der Waals surface area contributed by atoms with Crippen LogP contribution in [0.5, 0.6) is 0 Å². The first-order chi connectivity index (χ1) is 12.8. The normalized spacial score (nSPS) is 17.1. The highest BCUT2D eigenvalue weighted by Gasteiger charge is 2.29. The molecule has 0 saturated carbocycles. The van der Waals surface area contributed by atoms with Gasteiger partial charge in [-0.15, -0.1) is 11.3 Å². The number of thiophene rings is 1. The van der Waals surface area contributed by atoms with Gasteiger partial charge in [0.25, 0.3) is 5.91 Å². The van der Waals surface area contributed by atoms with Crippen molar-refractivity contribution in [2.75, 3.05) is 26.7 Å². The minimum atomic E-state index is -0.898. The Labute approximate surface area is 160 Å². The average molecular weight is 392 g/mol. The molecule has 1 atom stereocenters. The summed E-state index contributed by atoms with van der Waals surface area (Å²) in [5.41, 5.74) is 0.767. The number of likely N-dealkylation sites (tertiary alicyclic amines) is 1. The molecule has 1 saturated heterocycles. The first-order valence-electron chi connectivity index (χ1n) is 8.72. The third kappa shape index (κ3) is 3.95. The molecule has 1 fully saturated rings. The zero-order chi connectivity index (χ0) is 19.7. The van der Waals surface area contributed by atoms with Crippen LogP contribution in [0.1, 0.15) is 28.1 Å². The van der Waals surface area contributed by atoms with Gasteiger partial charge >= 0.3 is 5.97 Å². The number of carbonyl (C=O) groups excluding carboxylic acids is 2. The van der Waals surface area contributed by atoms with Gasteiger partial charge in [-0.05, 0) is 42.8 Å². The maximum absolute atomic E-state index is 13.4. The summed E-state index contributed by atoms with van der Waals surface area (Å²) in [6.45, 7) is 2.37. The van der Waals surface area contributed by atoms with Crippen molar-refractivity contribution in [2.45, 2.75) is 19.8 Å². The third-order valence-electron chi connectivity index (χ3n) is 4.94. The number of aliphatic carboxylic acids is 1. The summed E-state index contributed by atoms with van der Waals surface area (Å²) < 4.78 is 14.1. The number of hydrogen-bond donors (Lipinski definition) is 1. The van der Waals surface area contributed by atoms with Gasteiger partial charge in [-0.1, -0.05) is 6.07 Å². The van der Waals surface area contributed by atoms with Crippen LogP contribution in [0.15, 0.2) is 18.2 Å². The van der Waals surface area contributed by atoms with Crippen LogP contribution in [0.25, 0.3) is 10.1 Å². The average Bonchev–Trinajstić information content (AvgIpc) is 2.96.